The standard InChI is InChI=1S/C15H19FN2O2/c1-3-19-15(20-4-2)12-6-11-5-10(8-17)9-18-14(11)7-13(12)16/h5-7,9,15H,3-4,8,17H2,1-2H3. The monoisotopic (exact) mass is 278 g/mol. The maximum atomic E-state index is 14.2. The topological polar surface area (TPSA) is 57.4 Å². The molecule has 2 N–H and O–H groups in total. The molecule has 0 aliphatic heterocycles. The van der Waals surface area contributed by atoms with Crippen LogP contribution in [0, 0.1) is 5.82 Å². The smallest absolute Gasteiger partial charge is 0.186 e. The number of benzene rings is 1. The summed E-state index contributed by atoms with van der Waals surface area (Å²) in [6.07, 6.45) is 0.959. The van der Waals surface area contributed by atoms with E-state index in [-0.39, 0.29) is 5.82 Å². The SMILES string of the molecule is CCOC(OCC)c1cc2cc(CN)cnc2cc1F. The molecule has 0 saturated heterocycles. The average Bonchev–Trinajstić information content (AvgIpc) is 2.46. The van der Waals surface area contributed by atoms with E-state index in [9.17, 15) is 4.39 Å². The number of pyridine rings is 1. The summed E-state index contributed by atoms with van der Waals surface area (Å²) in [5.74, 6) is -0.377. The van der Waals surface area contributed by atoms with Crippen molar-refractivity contribution in [2.45, 2.75) is 26.7 Å². The van der Waals surface area contributed by atoms with Crippen molar-refractivity contribution in [3.63, 3.8) is 0 Å². The number of aromatic nitrogens is 1. The predicted molar refractivity (Wildman–Crippen MR) is 75.6 cm³/mol. The summed E-state index contributed by atoms with van der Waals surface area (Å²) in [5, 5.41) is 0.828. The molecule has 4 nitrogen and oxygen atoms in total. The molecule has 0 fully saturated rings. The van der Waals surface area contributed by atoms with Crippen molar-refractivity contribution in [3.8, 4) is 0 Å². The number of ether oxygens (including phenoxy) is 2. The molecular weight excluding hydrogens is 259 g/mol. The minimum Gasteiger partial charge on any atom is -0.349 e. The minimum absolute atomic E-state index is 0.377. The van der Waals surface area contributed by atoms with Crippen molar-refractivity contribution in [1.82, 2.24) is 4.98 Å². The zero-order valence-corrected chi connectivity index (χ0v) is 11.7. The van der Waals surface area contributed by atoms with Crippen LogP contribution in [-0.4, -0.2) is 18.2 Å². The van der Waals surface area contributed by atoms with Gasteiger partial charge in [-0.1, -0.05) is 0 Å². The molecule has 20 heavy (non-hydrogen) atoms. The highest BCUT2D eigenvalue weighted by Gasteiger charge is 2.17. The van der Waals surface area contributed by atoms with Crippen molar-refractivity contribution >= 4 is 10.9 Å². The van der Waals surface area contributed by atoms with Gasteiger partial charge in [0.1, 0.15) is 5.82 Å². The lowest BCUT2D eigenvalue weighted by molar-refractivity contribution is -0.141. The zero-order chi connectivity index (χ0) is 14.5. The molecule has 2 aromatic rings. The molecule has 0 bridgehead atoms. The minimum atomic E-state index is -0.698. The normalized spacial score (nSPS) is 11.4. The maximum Gasteiger partial charge on any atom is 0.186 e. The summed E-state index contributed by atoms with van der Waals surface area (Å²) >= 11 is 0. The number of hydrogen-bond donors (Lipinski definition) is 1. The Balaban J connectivity index is 2.48. The summed E-state index contributed by atoms with van der Waals surface area (Å²) in [7, 11) is 0. The van der Waals surface area contributed by atoms with Crippen molar-refractivity contribution < 1.29 is 13.9 Å². The molecule has 0 saturated carbocycles. The van der Waals surface area contributed by atoms with Gasteiger partial charge < -0.3 is 15.2 Å². The Kier molecular flexibility index (Phi) is 5.00. The first-order valence-electron chi connectivity index (χ1n) is 6.70. The van der Waals surface area contributed by atoms with Crippen LogP contribution in [-0.2, 0) is 16.0 Å². The number of nitrogens with zero attached hydrogens (tertiary/aromatic N) is 1. The van der Waals surface area contributed by atoms with E-state index in [1.165, 1.54) is 6.07 Å². The van der Waals surface area contributed by atoms with Crippen LogP contribution in [0.4, 0.5) is 4.39 Å². The van der Waals surface area contributed by atoms with E-state index in [4.69, 9.17) is 15.2 Å². The molecule has 108 valence electrons. The van der Waals surface area contributed by atoms with Crippen molar-refractivity contribution in [2.24, 2.45) is 5.73 Å². The van der Waals surface area contributed by atoms with Gasteiger partial charge in [0.15, 0.2) is 6.29 Å². The molecule has 2 rings (SSSR count). The highest BCUT2D eigenvalue weighted by Crippen LogP contribution is 2.26. The summed E-state index contributed by atoms with van der Waals surface area (Å²) < 4.78 is 25.1. The summed E-state index contributed by atoms with van der Waals surface area (Å²) in [4.78, 5) is 4.20. The molecule has 0 atom stereocenters. The van der Waals surface area contributed by atoms with Gasteiger partial charge in [-0.3, -0.25) is 4.98 Å². The molecule has 0 amide bonds. The molecule has 0 radical (unpaired) electrons. The quantitative estimate of drug-likeness (QED) is 0.825. The summed E-state index contributed by atoms with van der Waals surface area (Å²) in [6, 6.07) is 5.02. The Morgan fingerprint density at radius 2 is 1.90 bits per heavy atom. The van der Waals surface area contributed by atoms with Gasteiger partial charge in [-0.25, -0.2) is 4.39 Å². The summed E-state index contributed by atoms with van der Waals surface area (Å²) in [6.45, 7) is 4.99. The van der Waals surface area contributed by atoms with E-state index in [1.807, 2.05) is 19.9 Å². The second kappa shape index (κ2) is 6.74. The van der Waals surface area contributed by atoms with Crippen molar-refractivity contribution in [1.29, 1.82) is 0 Å². The van der Waals surface area contributed by atoms with Crippen LogP contribution in [0.5, 0.6) is 0 Å². The van der Waals surface area contributed by atoms with E-state index in [1.54, 1.807) is 12.3 Å². The van der Waals surface area contributed by atoms with E-state index in [0.29, 0.717) is 30.8 Å². The fourth-order valence-corrected chi connectivity index (χ4v) is 2.04. The molecule has 0 aliphatic rings. The van der Waals surface area contributed by atoms with Crippen LogP contribution in [0.2, 0.25) is 0 Å². The maximum absolute atomic E-state index is 14.2. The third-order valence-electron chi connectivity index (χ3n) is 2.98. The molecule has 0 spiro atoms. The van der Waals surface area contributed by atoms with Crippen LogP contribution in [0.15, 0.2) is 24.4 Å². The van der Waals surface area contributed by atoms with E-state index in [2.05, 4.69) is 4.98 Å². The lowest BCUT2D eigenvalue weighted by Crippen LogP contribution is -2.11. The molecule has 1 heterocycles. The van der Waals surface area contributed by atoms with Gasteiger partial charge in [-0.15, -0.1) is 0 Å². The van der Waals surface area contributed by atoms with Crippen LogP contribution in [0.25, 0.3) is 10.9 Å². The molecule has 0 unspecified atom stereocenters. The van der Waals surface area contributed by atoms with E-state index in [0.717, 1.165) is 10.9 Å². The molecule has 1 aromatic heterocycles. The fourth-order valence-electron chi connectivity index (χ4n) is 2.04. The Bertz CT molecular complexity index is 583. The molecule has 5 heteroatoms. The Morgan fingerprint density at radius 1 is 1.20 bits per heavy atom. The molecule has 0 aliphatic carbocycles. The Hall–Kier alpha value is -1.56. The third kappa shape index (κ3) is 3.12. The summed E-state index contributed by atoms with van der Waals surface area (Å²) in [5.41, 5.74) is 7.48. The number of halogens is 1. The van der Waals surface area contributed by atoms with Crippen LogP contribution >= 0.6 is 0 Å². The van der Waals surface area contributed by atoms with Crippen molar-refractivity contribution in [2.75, 3.05) is 13.2 Å². The van der Waals surface area contributed by atoms with Crippen LogP contribution < -0.4 is 5.73 Å². The number of rotatable bonds is 6. The zero-order valence-electron chi connectivity index (χ0n) is 11.7. The lowest BCUT2D eigenvalue weighted by atomic mass is 10.1. The van der Waals surface area contributed by atoms with Crippen LogP contribution in [0.1, 0.15) is 31.3 Å². The first-order chi connectivity index (χ1) is 9.69. The van der Waals surface area contributed by atoms with Gasteiger partial charge in [-0.05, 0) is 31.5 Å². The Morgan fingerprint density at radius 3 is 2.50 bits per heavy atom. The fraction of sp³-hybridized carbons (Fsp3) is 0.400. The predicted octanol–water partition coefficient (Wildman–Crippen LogP) is 2.90. The number of hydrogen-bond acceptors (Lipinski definition) is 4. The van der Waals surface area contributed by atoms with Crippen molar-refractivity contribution in [3.05, 3.63) is 41.3 Å². The average molecular weight is 278 g/mol. The third-order valence-corrected chi connectivity index (χ3v) is 2.98. The molecular formula is C15H19FN2O2. The van der Waals surface area contributed by atoms with Gasteiger partial charge in [-0.2, -0.15) is 0 Å². The van der Waals surface area contributed by atoms with Gasteiger partial charge in [0.25, 0.3) is 0 Å². The second-order valence-electron chi connectivity index (χ2n) is 4.36. The van der Waals surface area contributed by atoms with Gasteiger partial charge in [0.2, 0.25) is 0 Å². The highest BCUT2D eigenvalue weighted by molar-refractivity contribution is 5.80. The number of fused-ring (bicyclic) bond motifs is 1. The van der Waals surface area contributed by atoms with Gasteiger partial charge in [0, 0.05) is 43.0 Å². The first-order valence-corrected chi connectivity index (χ1v) is 6.70. The van der Waals surface area contributed by atoms with Gasteiger partial charge >= 0.3 is 0 Å². The second-order valence-corrected chi connectivity index (χ2v) is 4.36. The largest absolute Gasteiger partial charge is 0.349 e. The van der Waals surface area contributed by atoms with E-state index < -0.39 is 6.29 Å². The first kappa shape index (κ1) is 14.8. The Labute approximate surface area is 117 Å². The highest BCUT2D eigenvalue weighted by atomic mass is 19.1. The lowest BCUT2D eigenvalue weighted by Gasteiger charge is -2.18. The van der Waals surface area contributed by atoms with E-state index >= 15 is 0 Å². The number of nitrogens with two attached hydrogens (primary N) is 1. The van der Waals surface area contributed by atoms with Gasteiger partial charge in [0.05, 0.1) is 5.52 Å². The molecule has 1 aromatic carbocycles. The van der Waals surface area contributed by atoms with Crippen LogP contribution in [0.3, 0.4) is 0 Å².